The lowest BCUT2D eigenvalue weighted by molar-refractivity contribution is 0.696. The van der Waals surface area contributed by atoms with Gasteiger partial charge in [-0.1, -0.05) is 170 Å². The van der Waals surface area contributed by atoms with Crippen LogP contribution < -0.4 is 4.90 Å². The predicted octanol–water partition coefficient (Wildman–Crippen LogP) is 12.6. The third-order valence-corrected chi connectivity index (χ3v) is 10.5. The molecule has 51 heavy (non-hydrogen) atoms. The van der Waals surface area contributed by atoms with Gasteiger partial charge in [0.2, 0.25) is 0 Å². The molecule has 0 saturated heterocycles. The normalized spacial score (nSPS) is 16.5. The summed E-state index contributed by atoms with van der Waals surface area (Å²) in [5, 5.41) is 7.56. The van der Waals surface area contributed by atoms with Crippen LogP contribution in [0.3, 0.4) is 0 Å². The summed E-state index contributed by atoms with van der Waals surface area (Å²) in [5.74, 6) is 0. The predicted molar refractivity (Wildman–Crippen MR) is 216 cm³/mol. The summed E-state index contributed by atoms with van der Waals surface area (Å²) in [4.78, 5) is 7.72. The summed E-state index contributed by atoms with van der Waals surface area (Å²) in [5.41, 5.74) is 10.9. The number of benzene rings is 8. The Balaban J connectivity index is 1.08. The summed E-state index contributed by atoms with van der Waals surface area (Å²) < 4.78 is 0. The van der Waals surface area contributed by atoms with Gasteiger partial charge in [0.1, 0.15) is 6.17 Å². The molecule has 0 saturated carbocycles. The molecule has 0 N–H and O–H groups in total. The van der Waals surface area contributed by atoms with Crippen molar-refractivity contribution in [3.05, 3.63) is 200 Å². The molecule has 0 radical (unpaired) electrons. The van der Waals surface area contributed by atoms with Crippen LogP contribution in [0.5, 0.6) is 0 Å². The molecule has 2 heteroatoms. The summed E-state index contributed by atoms with van der Waals surface area (Å²) >= 11 is 0. The number of fused-ring (bicyclic) bond motifs is 4. The van der Waals surface area contributed by atoms with Gasteiger partial charge in [-0.2, -0.15) is 0 Å². The van der Waals surface area contributed by atoms with Gasteiger partial charge in [0.05, 0.1) is 11.8 Å². The number of rotatable bonds is 5. The first kappa shape index (κ1) is 29.4. The number of nitrogens with zero attached hydrogens (tertiary/aromatic N) is 2. The zero-order chi connectivity index (χ0) is 33.7. The lowest BCUT2D eigenvalue weighted by Crippen LogP contribution is -2.35. The van der Waals surface area contributed by atoms with Crippen LogP contribution in [-0.2, 0) is 0 Å². The fourth-order valence-electron chi connectivity index (χ4n) is 8.14. The molecule has 8 aromatic carbocycles. The van der Waals surface area contributed by atoms with Gasteiger partial charge in [-0.05, 0) is 95.5 Å². The second-order valence-electron chi connectivity index (χ2n) is 13.5. The standard InChI is InChI=1S/C49H34N2/c1-2-12-33(13-3-1)35-22-25-37(26-23-35)49-50-45-20-10-11-21-46(45)51(49)40-30-28-36(29-31-40)47-41-16-6-8-18-43(41)48(44-19-9-7-17-42(44)47)39-27-24-34-14-4-5-15-38(34)32-39/h1-32,46,49H. The number of aliphatic imine (C=N–C) groups is 1. The molecular formula is C49H34N2. The Morgan fingerprint density at radius 2 is 0.980 bits per heavy atom. The van der Waals surface area contributed by atoms with Crippen LogP contribution >= 0.6 is 0 Å². The second-order valence-corrected chi connectivity index (χ2v) is 13.5. The maximum Gasteiger partial charge on any atom is 0.148 e. The molecule has 2 nitrogen and oxygen atoms in total. The van der Waals surface area contributed by atoms with Crippen molar-refractivity contribution in [2.75, 3.05) is 4.90 Å². The van der Waals surface area contributed by atoms with Crippen LogP contribution in [0.25, 0.3) is 65.7 Å². The molecule has 1 heterocycles. The fraction of sp³-hybridized carbons (Fsp3) is 0.0408. The van der Waals surface area contributed by atoms with E-state index in [0.29, 0.717) is 0 Å². The van der Waals surface area contributed by atoms with E-state index in [1.165, 1.54) is 71.3 Å². The Labute approximate surface area is 298 Å². The lowest BCUT2D eigenvalue weighted by Gasteiger charge is -2.31. The number of hydrogen-bond donors (Lipinski definition) is 0. The fourth-order valence-corrected chi connectivity index (χ4v) is 8.14. The van der Waals surface area contributed by atoms with E-state index >= 15 is 0 Å². The molecule has 10 rings (SSSR count). The van der Waals surface area contributed by atoms with E-state index in [2.05, 4.69) is 199 Å². The first-order valence-electron chi connectivity index (χ1n) is 17.7. The van der Waals surface area contributed by atoms with Crippen LogP contribution in [0, 0.1) is 0 Å². The number of hydrogen-bond acceptors (Lipinski definition) is 2. The van der Waals surface area contributed by atoms with Crippen molar-refractivity contribution in [2.24, 2.45) is 4.99 Å². The quantitative estimate of drug-likeness (QED) is 0.169. The Morgan fingerprint density at radius 3 is 1.67 bits per heavy atom. The molecule has 2 aliphatic rings. The molecule has 0 amide bonds. The van der Waals surface area contributed by atoms with Gasteiger partial charge in [0.25, 0.3) is 0 Å². The van der Waals surface area contributed by atoms with E-state index in [-0.39, 0.29) is 12.2 Å². The number of anilines is 1. The monoisotopic (exact) mass is 650 g/mol. The van der Waals surface area contributed by atoms with Crippen molar-refractivity contribution < 1.29 is 0 Å². The highest BCUT2D eigenvalue weighted by Gasteiger charge is 2.35. The van der Waals surface area contributed by atoms with E-state index in [4.69, 9.17) is 4.99 Å². The van der Waals surface area contributed by atoms with E-state index in [9.17, 15) is 0 Å². The van der Waals surface area contributed by atoms with Crippen LogP contribution in [-0.4, -0.2) is 11.8 Å². The molecule has 0 aromatic heterocycles. The van der Waals surface area contributed by atoms with E-state index < -0.39 is 0 Å². The highest BCUT2D eigenvalue weighted by molar-refractivity contribution is 6.21. The smallest absolute Gasteiger partial charge is 0.148 e. The molecular weight excluding hydrogens is 617 g/mol. The summed E-state index contributed by atoms with van der Waals surface area (Å²) in [6.45, 7) is 0. The van der Waals surface area contributed by atoms with E-state index in [1.807, 2.05) is 0 Å². The van der Waals surface area contributed by atoms with Crippen molar-refractivity contribution in [1.82, 2.24) is 0 Å². The summed E-state index contributed by atoms with van der Waals surface area (Å²) in [6, 6.07) is 62.0. The third kappa shape index (κ3) is 4.99. The minimum atomic E-state index is -0.115. The molecule has 0 bridgehead atoms. The van der Waals surface area contributed by atoms with Crippen LogP contribution in [0.2, 0.25) is 0 Å². The van der Waals surface area contributed by atoms with Gasteiger partial charge in [0.15, 0.2) is 0 Å². The number of allylic oxidation sites excluding steroid dienone is 2. The average molecular weight is 651 g/mol. The maximum absolute atomic E-state index is 5.26. The van der Waals surface area contributed by atoms with Gasteiger partial charge >= 0.3 is 0 Å². The molecule has 2 unspecified atom stereocenters. The van der Waals surface area contributed by atoms with Gasteiger partial charge in [-0.25, -0.2) is 0 Å². The van der Waals surface area contributed by atoms with E-state index in [1.54, 1.807) is 0 Å². The molecule has 0 fully saturated rings. The molecule has 8 aromatic rings. The molecule has 1 aliphatic carbocycles. The van der Waals surface area contributed by atoms with Gasteiger partial charge < -0.3 is 4.90 Å². The van der Waals surface area contributed by atoms with Crippen molar-refractivity contribution >= 4 is 43.7 Å². The Hall–Kier alpha value is -6.51. The first-order valence-corrected chi connectivity index (χ1v) is 17.7. The zero-order valence-corrected chi connectivity index (χ0v) is 28.0. The second kappa shape index (κ2) is 12.1. The highest BCUT2D eigenvalue weighted by atomic mass is 15.3. The van der Waals surface area contributed by atoms with Crippen molar-refractivity contribution in [3.8, 4) is 33.4 Å². The topological polar surface area (TPSA) is 15.6 Å². The Morgan fingerprint density at radius 1 is 0.431 bits per heavy atom. The Kier molecular flexibility index (Phi) is 6.99. The van der Waals surface area contributed by atoms with Crippen LogP contribution in [0.4, 0.5) is 5.69 Å². The average Bonchev–Trinajstić information content (AvgIpc) is 3.60. The summed E-state index contributed by atoms with van der Waals surface area (Å²) in [6.07, 6.45) is 8.53. The maximum atomic E-state index is 5.26. The van der Waals surface area contributed by atoms with Gasteiger partial charge in [-0.3, -0.25) is 4.99 Å². The van der Waals surface area contributed by atoms with Crippen LogP contribution in [0.15, 0.2) is 199 Å². The van der Waals surface area contributed by atoms with Gasteiger partial charge in [-0.15, -0.1) is 0 Å². The lowest BCUT2D eigenvalue weighted by atomic mass is 9.85. The third-order valence-electron chi connectivity index (χ3n) is 10.5. The summed E-state index contributed by atoms with van der Waals surface area (Å²) in [7, 11) is 0. The van der Waals surface area contributed by atoms with Gasteiger partial charge in [0, 0.05) is 5.69 Å². The van der Waals surface area contributed by atoms with Crippen LogP contribution in [0.1, 0.15) is 11.7 Å². The molecule has 2 atom stereocenters. The van der Waals surface area contributed by atoms with Crippen molar-refractivity contribution in [1.29, 1.82) is 0 Å². The SMILES string of the molecule is C1=CC2=NC(c3ccc(-c4ccccc4)cc3)N(c3ccc(-c4c5ccccc5c(-c5ccc6ccccc6c5)c5ccccc45)cc3)C2C=C1. The first-order chi connectivity index (χ1) is 25.3. The molecule has 0 spiro atoms. The Bertz CT molecular complexity index is 2630. The molecule has 1 aliphatic heterocycles. The largest absolute Gasteiger partial charge is 0.334 e. The zero-order valence-electron chi connectivity index (χ0n) is 28.0. The molecule has 240 valence electrons. The van der Waals surface area contributed by atoms with E-state index in [0.717, 1.165) is 11.4 Å². The minimum absolute atomic E-state index is 0.0857. The van der Waals surface area contributed by atoms with Crippen molar-refractivity contribution in [2.45, 2.75) is 12.2 Å². The minimum Gasteiger partial charge on any atom is -0.334 e. The van der Waals surface area contributed by atoms with Crippen molar-refractivity contribution in [3.63, 3.8) is 0 Å². The highest BCUT2D eigenvalue weighted by Crippen LogP contribution is 2.45.